The maximum Gasteiger partial charge on any atom is 0.280 e. The fourth-order valence-corrected chi connectivity index (χ4v) is 2.82. The summed E-state index contributed by atoms with van der Waals surface area (Å²) in [4.78, 5) is 4.11. The molecule has 1 aliphatic heterocycles. The third kappa shape index (κ3) is 3.05. The van der Waals surface area contributed by atoms with Crippen molar-refractivity contribution in [3.8, 4) is 0 Å². The zero-order chi connectivity index (χ0) is 13.3. The molecule has 0 spiro atoms. The zero-order valence-corrected chi connectivity index (χ0v) is 12.0. The van der Waals surface area contributed by atoms with Crippen LogP contribution >= 0.6 is 10.7 Å². The molecule has 7 heteroatoms. The van der Waals surface area contributed by atoms with Gasteiger partial charge in [0.25, 0.3) is 9.05 Å². The summed E-state index contributed by atoms with van der Waals surface area (Å²) in [5.41, 5.74) is 0. The van der Waals surface area contributed by atoms with E-state index in [1.807, 2.05) is 18.4 Å². The fraction of sp³-hybridized carbons (Fsp3) is 0.727. The van der Waals surface area contributed by atoms with E-state index in [-0.39, 0.29) is 17.0 Å². The van der Waals surface area contributed by atoms with E-state index in [2.05, 4.69) is 4.98 Å². The van der Waals surface area contributed by atoms with Crippen molar-refractivity contribution in [1.82, 2.24) is 9.55 Å². The van der Waals surface area contributed by atoms with Crippen LogP contribution in [0.2, 0.25) is 0 Å². The van der Waals surface area contributed by atoms with Crippen molar-refractivity contribution >= 4 is 19.7 Å². The molecular formula is C11H17ClN2O3S. The molecule has 1 atom stereocenters. The Morgan fingerprint density at radius 1 is 1.61 bits per heavy atom. The number of aromatic nitrogens is 2. The number of nitrogens with zero attached hydrogens (tertiary/aromatic N) is 2. The molecule has 0 bridgehead atoms. The smallest absolute Gasteiger partial charge is 0.280 e. The predicted octanol–water partition coefficient (Wildman–Crippen LogP) is 2.11. The Kier molecular flexibility index (Phi) is 3.99. The maximum atomic E-state index is 11.3. The van der Waals surface area contributed by atoms with Crippen molar-refractivity contribution in [1.29, 1.82) is 0 Å². The standard InChI is InChI=1S/C11H17ClN2O3S/c1-8(2)11-13-10(18(12,15)16)7-14(11)6-9-4-3-5-17-9/h7-9H,3-6H2,1-2H3. The van der Waals surface area contributed by atoms with Crippen LogP contribution in [0.1, 0.15) is 38.4 Å². The monoisotopic (exact) mass is 292 g/mol. The Balaban J connectivity index is 2.29. The Morgan fingerprint density at radius 3 is 2.83 bits per heavy atom. The molecule has 0 amide bonds. The van der Waals surface area contributed by atoms with Crippen molar-refractivity contribution in [2.75, 3.05) is 6.61 Å². The lowest BCUT2D eigenvalue weighted by Gasteiger charge is -2.14. The molecule has 102 valence electrons. The average molecular weight is 293 g/mol. The van der Waals surface area contributed by atoms with Gasteiger partial charge in [-0.3, -0.25) is 0 Å². The Hall–Kier alpha value is -0.590. The molecular weight excluding hydrogens is 276 g/mol. The minimum absolute atomic E-state index is 0.0779. The van der Waals surface area contributed by atoms with Crippen molar-refractivity contribution < 1.29 is 13.2 Å². The second-order valence-electron chi connectivity index (χ2n) is 4.82. The summed E-state index contributed by atoms with van der Waals surface area (Å²) in [5.74, 6) is 0.864. The van der Waals surface area contributed by atoms with E-state index in [1.54, 1.807) is 0 Å². The quantitative estimate of drug-likeness (QED) is 0.798. The number of hydrogen-bond donors (Lipinski definition) is 0. The number of rotatable bonds is 4. The molecule has 5 nitrogen and oxygen atoms in total. The third-order valence-electron chi connectivity index (χ3n) is 2.98. The van der Waals surface area contributed by atoms with Gasteiger partial charge in [0.1, 0.15) is 5.82 Å². The van der Waals surface area contributed by atoms with E-state index in [1.165, 1.54) is 6.20 Å². The van der Waals surface area contributed by atoms with E-state index in [9.17, 15) is 8.42 Å². The molecule has 18 heavy (non-hydrogen) atoms. The van der Waals surface area contributed by atoms with E-state index in [0.717, 1.165) is 25.3 Å². The molecule has 2 rings (SSSR count). The summed E-state index contributed by atoms with van der Waals surface area (Å²) >= 11 is 0. The molecule has 1 aromatic heterocycles. The minimum Gasteiger partial charge on any atom is -0.376 e. The molecule has 1 fully saturated rings. The van der Waals surface area contributed by atoms with Gasteiger partial charge in [0.15, 0.2) is 5.03 Å². The van der Waals surface area contributed by atoms with Gasteiger partial charge in [-0.15, -0.1) is 0 Å². The molecule has 1 aliphatic rings. The SMILES string of the molecule is CC(C)c1nc(S(=O)(=O)Cl)cn1CC1CCCO1. The van der Waals surface area contributed by atoms with Crippen LogP contribution in [0.15, 0.2) is 11.2 Å². The first kappa shape index (κ1) is 13.8. The van der Waals surface area contributed by atoms with E-state index in [0.29, 0.717) is 6.54 Å². The summed E-state index contributed by atoms with van der Waals surface area (Å²) in [6.45, 7) is 5.35. The molecule has 0 saturated carbocycles. The van der Waals surface area contributed by atoms with E-state index < -0.39 is 9.05 Å². The van der Waals surface area contributed by atoms with Crippen LogP contribution in [0.5, 0.6) is 0 Å². The first-order valence-corrected chi connectivity index (χ1v) is 8.32. The molecule has 0 aliphatic carbocycles. The average Bonchev–Trinajstić information content (AvgIpc) is 2.85. The highest BCUT2D eigenvalue weighted by molar-refractivity contribution is 8.13. The summed E-state index contributed by atoms with van der Waals surface area (Å²) < 4.78 is 30.0. The first-order chi connectivity index (χ1) is 8.38. The van der Waals surface area contributed by atoms with Gasteiger partial charge in [0.05, 0.1) is 12.6 Å². The number of ether oxygens (including phenoxy) is 1. The molecule has 2 heterocycles. The van der Waals surface area contributed by atoms with Crippen LogP contribution in [0, 0.1) is 0 Å². The van der Waals surface area contributed by atoms with Crippen LogP contribution in [0.4, 0.5) is 0 Å². The summed E-state index contributed by atoms with van der Waals surface area (Å²) in [6.07, 6.45) is 3.69. The lowest BCUT2D eigenvalue weighted by atomic mass is 10.2. The zero-order valence-electron chi connectivity index (χ0n) is 10.5. The lowest BCUT2D eigenvalue weighted by Crippen LogP contribution is -2.16. The largest absolute Gasteiger partial charge is 0.376 e. The topological polar surface area (TPSA) is 61.2 Å². The van der Waals surface area contributed by atoms with Gasteiger partial charge in [-0.05, 0) is 12.8 Å². The summed E-state index contributed by atoms with van der Waals surface area (Å²) in [7, 11) is 1.56. The molecule has 1 aromatic rings. The van der Waals surface area contributed by atoms with Crippen LogP contribution in [0.3, 0.4) is 0 Å². The minimum atomic E-state index is -3.77. The van der Waals surface area contributed by atoms with E-state index >= 15 is 0 Å². The van der Waals surface area contributed by atoms with Gasteiger partial charge in [0, 0.05) is 29.4 Å². The van der Waals surface area contributed by atoms with Gasteiger partial charge in [-0.2, -0.15) is 0 Å². The van der Waals surface area contributed by atoms with Gasteiger partial charge in [-0.1, -0.05) is 13.8 Å². The molecule has 0 N–H and O–H groups in total. The van der Waals surface area contributed by atoms with Crippen LogP contribution in [-0.4, -0.2) is 30.7 Å². The molecule has 0 radical (unpaired) electrons. The highest BCUT2D eigenvalue weighted by Crippen LogP contribution is 2.22. The fourth-order valence-electron chi connectivity index (χ4n) is 2.14. The number of hydrogen-bond acceptors (Lipinski definition) is 4. The van der Waals surface area contributed by atoms with Gasteiger partial charge in [0.2, 0.25) is 0 Å². The maximum absolute atomic E-state index is 11.3. The number of halogens is 1. The Bertz CT molecular complexity index is 518. The van der Waals surface area contributed by atoms with Gasteiger partial charge < -0.3 is 9.30 Å². The third-order valence-corrected chi connectivity index (χ3v) is 4.15. The van der Waals surface area contributed by atoms with Crippen molar-refractivity contribution in [2.24, 2.45) is 0 Å². The highest BCUT2D eigenvalue weighted by Gasteiger charge is 2.23. The Labute approximate surface area is 112 Å². The van der Waals surface area contributed by atoms with Crippen molar-refractivity contribution in [3.05, 3.63) is 12.0 Å². The number of imidazole rings is 1. The highest BCUT2D eigenvalue weighted by atomic mass is 35.7. The van der Waals surface area contributed by atoms with E-state index in [4.69, 9.17) is 15.4 Å². The van der Waals surface area contributed by atoms with Crippen LogP contribution in [0.25, 0.3) is 0 Å². The van der Waals surface area contributed by atoms with Crippen molar-refractivity contribution in [2.45, 2.75) is 50.3 Å². The second kappa shape index (κ2) is 5.19. The van der Waals surface area contributed by atoms with Gasteiger partial charge in [-0.25, -0.2) is 13.4 Å². The predicted molar refractivity (Wildman–Crippen MR) is 68.3 cm³/mol. The summed E-state index contributed by atoms with van der Waals surface area (Å²) in [5, 5.41) is -0.0779. The lowest BCUT2D eigenvalue weighted by molar-refractivity contribution is 0.0960. The molecule has 0 aromatic carbocycles. The van der Waals surface area contributed by atoms with Crippen LogP contribution < -0.4 is 0 Å². The van der Waals surface area contributed by atoms with Crippen LogP contribution in [-0.2, 0) is 20.3 Å². The normalized spacial score (nSPS) is 20.8. The molecule has 1 saturated heterocycles. The second-order valence-corrected chi connectivity index (χ2v) is 7.33. The summed E-state index contributed by atoms with van der Waals surface area (Å²) in [6, 6.07) is 0. The van der Waals surface area contributed by atoms with Crippen molar-refractivity contribution in [3.63, 3.8) is 0 Å². The van der Waals surface area contributed by atoms with Gasteiger partial charge >= 0.3 is 0 Å². The molecule has 1 unspecified atom stereocenters. The Morgan fingerprint density at radius 2 is 2.33 bits per heavy atom. The first-order valence-electron chi connectivity index (χ1n) is 6.01.